The van der Waals surface area contributed by atoms with Gasteiger partial charge in [-0.1, -0.05) is 29.8 Å². The minimum absolute atomic E-state index is 0.114. The Morgan fingerprint density at radius 3 is 2.52 bits per heavy atom. The highest BCUT2D eigenvalue weighted by molar-refractivity contribution is 6.30. The highest BCUT2D eigenvalue weighted by Crippen LogP contribution is 2.23. The zero-order valence-corrected chi connectivity index (χ0v) is 25.8. The number of hydrogen-bond acceptors (Lipinski definition) is 7. The lowest BCUT2D eigenvalue weighted by Gasteiger charge is -2.22. The molecule has 0 aliphatic rings. The van der Waals surface area contributed by atoms with Crippen LogP contribution in [0.3, 0.4) is 0 Å². The van der Waals surface area contributed by atoms with Gasteiger partial charge in [-0.15, -0.1) is 0 Å². The molecule has 0 saturated heterocycles. The molecule has 44 heavy (non-hydrogen) atoms. The summed E-state index contributed by atoms with van der Waals surface area (Å²) in [6, 6.07) is 14.5. The molecule has 0 radical (unpaired) electrons. The van der Waals surface area contributed by atoms with Gasteiger partial charge in [0.2, 0.25) is 5.88 Å². The Hall–Kier alpha value is -4.90. The number of carbonyl (C=O) groups is 3. The molecule has 2 heterocycles. The average molecular weight is 620 g/mol. The standard InChI is InChI=1S/C32H34ClN5O6/c1-18-9-10-20(15-25(18)37-29(40)23-14-21-17-35-27(43-5)16-26(21)38-30(23)41)28(39)36-24(19-7-6-8-22(33)13-19)11-12-34-31(42)44-32(2,3)4/h6-10,13-17,24H,11-12H2,1-5H3,(H,34,42)(H,36,39)(H,37,40)(H,38,41). The number of pyridine rings is 2. The van der Waals surface area contributed by atoms with Crippen LogP contribution in [-0.4, -0.2) is 47.1 Å². The molecule has 230 valence electrons. The van der Waals surface area contributed by atoms with Gasteiger partial charge in [-0.25, -0.2) is 9.78 Å². The third-order valence-electron chi connectivity index (χ3n) is 6.56. The quantitative estimate of drug-likeness (QED) is 0.192. The molecule has 4 aromatic rings. The number of ether oxygens (including phenoxy) is 2. The van der Waals surface area contributed by atoms with Crippen molar-refractivity contribution in [3.63, 3.8) is 0 Å². The van der Waals surface area contributed by atoms with Crippen molar-refractivity contribution in [3.05, 3.63) is 98.4 Å². The maximum atomic E-state index is 13.4. The van der Waals surface area contributed by atoms with E-state index in [0.717, 1.165) is 5.56 Å². The number of benzene rings is 2. The fourth-order valence-electron chi connectivity index (χ4n) is 4.37. The fraction of sp³-hybridized carbons (Fsp3) is 0.281. The number of halogens is 1. The van der Waals surface area contributed by atoms with E-state index in [9.17, 15) is 19.2 Å². The number of fused-ring (bicyclic) bond motifs is 1. The molecule has 0 aliphatic heterocycles. The second kappa shape index (κ2) is 13.6. The number of rotatable bonds is 9. The van der Waals surface area contributed by atoms with E-state index in [0.29, 0.717) is 39.5 Å². The molecule has 0 spiro atoms. The predicted molar refractivity (Wildman–Crippen MR) is 169 cm³/mol. The number of carbonyl (C=O) groups excluding carboxylic acids is 3. The summed E-state index contributed by atoms with van der Waals surface area (Å²) in [6.07, 6.45) is 1.29. The van der Waals surface area contributed by atoms with Crippen molar-refractivity contribution in [1.82, 2.24) is 20.6 Å². The largest absolute Gasteiger partial charge is 0.481 e. The van der Waals surface area contributed by atoms with Crippen molar-refractivity contribution in [2.45, 2.75) is 45.8 Å². The van der Waals surface area contributed by atoms with Crippen LogP contribution in [0.1, 0.15) is 65.1 Å². The summed E-state index contributed by atoms with van der Waals surface area (Å²) in [5.41, 5.74) is 1.21. The molecule has 0 fully saturated rings. The first-order valence-corrected chi connectivity index (χ1v) is 14.2. The van der Waals surface area contributed by atoms with Crippen LogP contribution in [0.5, 0.6) is 5.88 Å². The maximum Gasteiger partial charge on any atom is 0.407 e. The van der Waals surface area contributed by atoms with E-state index >= 15 is 0 Å². The molecule has 11 nitrogen and oxygen atoms in total. The minimum Gasteiger partial charge on any atom is -0.481 e. The van der Waals surface area contributed by atoms with Crippen molar-refractivity contribution in [2.75, 3.05) is 19.0 Å². The van der Waals surface area contributed by atoms with Gasteiger partial charge in [0.05, 0.1) is 18.7 Å². The first-order chi connectivity index (χ1) is 20.8. The number of aromatic nitrogens is 2. The number of nitrogens with one attached hydrogen (secondary N) is 4. The number of methoxy groups -OCH3 is 1. The van der Waals surface area contributed by atoms with Gasteiger partial charge in [-0.2, -0.15) is 0 Å². The highest BCUT2D eigenvalue weighted by Gasteiger charge is 2.20. The topological polar surface area (TPSA) is 152 Å². The Kier molecular flexibility index (Phi) is 9.90. The summed E-state index contributed by atoms with van der Waals surface area (Å²) in [4.78, 5) is 58.2. The number of aryl methyl sites for hydroxylation is 1. The lowest BCUT2D eigenvalue weighted by molar-refractivity contribution is 0.0526. The lowest BCUT2D eigenvalue weighted by Crippen LogP contribution is -2.35. The number of alkyl carbamates (subject to hydrolysis) is 1. The molecule has 4 rings (SSSR count). The number of hydrogen-bond donors (Lipinski definition) is 4. The van der Waals surface area contributed by atoms with Gasteiger partial charge < -0.3 is 30.4 Å². The highest BCUT2D eigenvalue weighted by atomic mass is 35.5. The SMILES string of the molecule is COc1cc2[nH]c(=O)c(C(=O)Nc3cc(C(=O)NC(CCNC(=O)OC(C)(C)C)c4cccc(Cl)c4)ccc3C)cc2cn1. The van der Waals surface area contributed by atoms with E-state index in [1.807, 2.05) is 6.07 Å². The Morgan fingerprint density at radius 1 is 1.05 bits per heavy atom. The van der Waals surface area contributed by atoms with Crippen LogP contribution in [0.4, 0.5) is 10.5 Å². The third-order valence-corrected chi connectivity index (χ3v) is 6.80. The number of aromatic amines is 1. The predicted octanol–water partition coefficient (Wildman–Crippen LogP) is 5.53. The molecular formula is C32H34ClN5O6. The maximum absolute atomic E-state index is 13.4. The summed E-state index contributed by atoms with van der Waals surface area (Å²) in [6.45, 7) is 7.32. The molecule has 1 atom stereocenters. The van der Waals surface area contributed by atoms with Crippen LogP contribution < -0.4 is 26.2 Å². The normalized spacial score (nSPS) is 11.9. The average Bonchev–Trinajstić information content (AvgIpc) is 2.96. The van der Waals surface area contributed by atoms with Gasteiger partial charge in [-0.05, 0) is 75.6 Å². The number of anilines is 1. The molecular weight excluding hydrogens is 586 g/mol. The van der Waals surface area contributed by atoms with Crippen molar-refractivity contribution >= 4 is 46.1 Å². The fourth-order valence-corrected chi connectivity index (χ4v) is 4.57. The van der Waals surface area contributed by atoms with Gasteiger partial charge in [0, 0.05) is 40.5 Å². The van der Waals surface area contributed by atoms with Crippen LogP contribution in [-0.2, 0) is 4.74 Å². The third kappa shape index (κ3) is 8.35. The van der Waals surface area contributed by atoms with Crippen LogP contribution in [0.25, 0.3) is 10.9 Å². The van der Waals surface area contributed by atoms with E-state index in [1.165, 1.54) is 25.4 Å². The van der Waals surface area contributed by atoms with E-state index in [-0.39, 0.29) is 17.7 Å². The summed E-state index contributed by atoms with van der Waals surface area (Å²) in [7, 11) is 1.46. The van der Waals surface area contributed by atoms with Crippen molar-refractivity contribution in [2.24, 2.45) is 0 Å². The molecule has 1 unspecified atom stereocenters. The second-order valence-corrected chi connectivity index (χ2v) is 11.5. The summed E-state index contributed by atoms with van der Waals surface area (Å²) in [5, 5.41) is 9.50. The van der Waals surface area contributed by atoms with Gasteiger partial charge in [0.25, 0.3) is 17.4 Å². The smallest absolute Gasteiger partial charge is 0.407 e. The van der Waals surface area contributed by atoms with Crippen LogP contribution in [0, 0.1) is 6.92 Å². The van der Waals surface area contributed by atoms with Gasteiger partial charge in [-0.3, -0.25) is 14.4 Å². The Balaban J connectivity index is 1.51. The summed E-state index contributed by atoms with van der Waals surface area (Å²) < 4.78 is 10.4. The van der Waals surface area contributed by atoms with E-state index in [1.54, 1.807) is 64.1 Å². The monoisotopic (exact) mass is 619 g/mol. The van der Waals surface area contributed by atoms with E-state index in [2.05, 4.69) is 25.9 Å². The first kappa shape index (κ1) is 32.0. The molecule has 12 heteroatoms. The molecule has 3 amide bonds. The van der Waals surface area contributed by atoms with Crippen molar-refractivity contribution < 1.29 is 23.9 Å². The van der Waals surface area contributed by atoms with Gasteiger partial charge in [0.15, 0.2) is 0 Å². The van der Waals surface area contributed by atoms with Crippen molar-refractivity contribution in [1.29, 1.82) is 0 Å². The van der Waals surface area contributed by atoms with Crippen LogP contribution in [0.15, 0.2) is 65.6 Å². The minimum atomic E-state index is -0.644. The lowest BCUT2D eigenvalue weighted by atomic mass is 10.0. The summed E-state index contributed by atoms with van der Waals surface area (Å²) in [5.74, 6) is -0.728. The van der Waals surface area contributed by atoms with Crippen LogP contribution >= 0.6 is 11.6 Å². The van der Waals surface area contributed by atoms with E-state index < -0.39 is 35.1 Å². The van der Waals surface area contributed by atoms with Gasteiger partial charge in [0.1, 0.15) is 11.2 Å². The number of amides is 3. The number of nitrogens with zero attached hydrogens (tertiary/aromatic N) is 1. The summed E-state index contributed by atoms with van der Waals surface area (Å²) >= 11 is 6.22. The zero-order valence-electron chi connectivity index (χ0n) is 25.0. The number of H-pyrrole nitrogens is 1. The Labute approximate surface area is 259 Å². The Morgan fingerprint density at radius 2 is 1.82 bits per heavy atom. The molecule has 0 saturated carbocycles. The van der Waals surface area contributed by atoms with Crippen molar-refractivity contribution in [3.8, 4) is 5.88 Å². The molecule has 0 aliphatic carbocycles. The Bertz CT molecular complexity index is 1760. The molecule has 2 aromatic carbocycles. The van der Waals surface area contributed by atoms with Gasteiger partial charge >= 0.3 is 6.09 Å². The zero-order chi connectivity index (χ0) is 32.0. The van der Waals surface area contributed by atoms with Crippen LogP contribution in [0.2, 0.25) is 5.02 Å². The molecule has 2 aromatic heterocycles. The first-order valence-electron chi connectivity index (χ1n) is 13.8. The molecule has 0 bridgehead atoms. The molecule has 4 N–H and O–H groups in total. The second-order valence-electron chi connectivity index (χ2n) is 11.1. The van der Waals surface area contributed by atoms with E-state index in [4.69, 9.17) is 21.1 Å².